The molecule has 38 heavy (non-hydrogen) atoms. The third kappa shape index (κ3) is 7.50. The van der Waals surface area contributed by atoms with Crippen molar-refractivity contribution in [3.05, 3.63) is 42.5 Å². The Kier molecular flexibility index (Phi) is 9.83. The minimum Gasteiger partial charge on any atom is -0.497 e. The minimum absolute atomic E-state index is 0.178. The van der Waals surface area contributed by atoms with E-state index in [9.17, 15) is 9.36 Å². The standard InChI is InChI=1S/C25H38N7O5P/c1-7-12-36-24(33)25(4,5)31-38(34,30-18(3)19-8-10-20(35-6)11-9-19)16-37-17(2)13-32-15-29-21-22(26)27-14-28-23(21)32/h8-11,14-15,17-18H,7,12-13,16H2,1-6H3,(H2,26,27,28)(H2,30,31,34)/t17?,18-,38?/m0/s1. The van der Waals surface area contributed by atoms with Gasteiger partial charge in [0, 0.05) is 6.04 Å². The zero-order valence-corrected chi connectivity index (χ0v) is 23.7. The molecule has 0 saturated heterocycles. The zero-order valence-electron chi connectivity index (χ0n) is 22.8. The molecule has 0 radical (unpaired) electrons. The zero-order chi connectivity index (χ0) is 27.9. The molecule has 12 nitrogen and oxygen atoms in total. The lowest BCUT2D eigenvalue weighted by Crippen LogP contribution is -2.49. The Bertz CT molecular complexity index is 1260. The highest BCUT2D eigenvalue weighted by Crippen LogP contribution is 2.42. The van der Waals surface area contributed by atoms with Gasteiger partial charge < -0.3 is 24.5 Å². The molecular weight excluding hydrogens is 509 g/mol. The number of nitrogens with two attached hydrogens (primary N) is 1. The van der Waals surface area contributed by atoms with Crippen molar-refractivity contribution in [2.75, 3.05) is 25.8 Å². The van der Waals surface area contributed by atoms with Gasteiger partial charge in [0.15, 0.2) is 11.5 Å². The third-order valence-corrected chi connectivity index (χ3v) is 8.09. The van der Waals surface area contributed by atoms with E-state index >= 15 is 0 Å². The van der Waals surface area contributed by atoms with Crippen LogP contribution in [0, 0.1) is 0 Å². The number of anilines is 1. The lowest BCUT2D eigenvalue weighted by Gasteiger charge is -2.33. The maximum Gasteiger partial charge on any atom is 0.326 e. The topological polar surface area (TPSA) is 156 Å². The predicted octanol–water partition coefficient (Wildman–Crippen LogP) is 3.65. The van der Waals surface area contributed by atoms with E-state index in [1.807, 2.05) is 45.0 Å². The van der Waals surface area contributed by atoms with Gasteiger partial charge in [-0.1, -0.05) is 19.1 Å². The van der Waals surface area contributed by atoms with Crippen LogP contribution in [0.2, 0.25) is 0 Å². The highest BCUT2D eigenvalue weighted by Gasteiger charge is 2.38. The largest absolute Gasteiger partial charge is 0.497 e. The highest BCUT2D eigenvalue weighted by molar-refractivity contribution is 7.59. The van der Waals surface area contributed by atoms with Crippen molar-refractivity contribution in [2.45, 2.75) is 65.3 Å². The lowest BCUT2D eigenvalue weighted by atomic mass is 10.1. The number of hydrogen-bond donors (Lipinski definition) is 3. The van der Waals surface area contributed by atoms with E-state index < -0.39 is 19.0 Å². The number of aromatic nitrogens is 4. The summed E-state index contributed by atoms with van der Waals surface area (Å²) < 4.78 is 32.7. The van der Waals surface area contributed by atoms with Crippen molar-refractivity contribution in [1.29, 1.82) is 0 Å². The summed E-state index contributed by atoms with van der Waals surface area (Å²) >= 11 is 0. The van der Waals surface area contributed by atoms with Gasteiger partial charge in [0.05, 0.1) is 32.7 Å². The van der Waals surface area contributed by atoms with Gasteiger partial charge in [-0.3, -0.25) is 9.36 Å². The molecule has 1 aromatic carbocycles. The Morgan fingerprint density at radius 2 is 1.89 bits per heavy atom. The van der Waals surface area contributed by atoms with Crippen LogP contribution < -0.4 is 20.6 Å². The summed E-state index contributed by atoms with van der Waals surface area (Å²) in [6, 6.07) is 7.13. The van der Waals surface area contributed by atoms with Crippen LogP contribution >= 0.6 is 7.44 Å². The second kappa shape index (κ2) is 12.7. The summed E-state index contributed by atoms with van der Waals surface area (Å²) in [6.45, 7) is 9.62. The van der Waals surface area contributed by atoms with E-state index in [1.54, 1.807) is 31.9 Å². The van der Waals surface area contributed by atoms with Gasteiger partial charge >= 0.3 is 5.97 Å². The molecule has 0 fully saturated rings. The number of hydrogen-bond acceptors (Lipinski definition) is 9. The number of nitrogen functional groups attached to an aromatic ring is 1. The van der Waals surface area contributed by atoms with Crippen molar-refractivity contribution >= 4 is 30.4 Å². The van der Waals surface area contributed by atoms with E-state index in [1.165, 1.54) is 6.33 Å². The summed E-state index contributed by atoms with van der Waals surface area (Å²) in [5.41, 5.74) is 6.65. The number of ether oxygens (including phenoxy) is 3. The molecule has 0 spiro atoms. The molecule has 3 rings (SSSR count). The first-order chi connectivity index (χ1) is 18.0. The van der Waals surface area contributed by atoms with Crippen molar-refractivity contribution in [3.63, 3.8) is 0 Å². The first kappa shape index (κ1) is 29.5. The van der Waals surface area contributed by atoms with Crippen molar-refractivity contribution < 1.29 is 23.6 Å². The summed E-state index contributed by atoms with van der Waals surface area (Å²) in [4.78, 5) is 25.2. The Hall–Kier alpha value is -3.05. The Morgan fingerprint density at radius 1 is 1.18 bits per heavy atom. The van der Waals surface area contributed by atoms with E-state index in [4.69, 9.17) is 19.9 Å². The SMILES string of the molecule is CCCOC(=O)C(C)(C)NP(=O)(COC(C)Cn1cnc2c(N)ncnc21)N[C@@H](C)c1ccc(OC)cc1. The molecule has 208 valence electrons. The summed E-state index contributed by atoms with van der Waals surface area (Å²) in [7, 11) is -1.89. The summed E-state index contributed by atoms with van der Waals surface area (Å²) in [6.07, 6.45) is 3.13. The minimum atomic E-state index is -3.49. The van der Waals surface area contributed by atoms with Gasteiger partial charge in [0.25, 0.3) is 0 Å². The number of imidazole rings is 1. The van der Waals surface area contributed by atoms with Crippen LogP contribution in [0.25, 0.3) is 11.2 Å². The van der Waals surface area contributed by atoms with Crippen LogP contribution in [-0.4, -0.2) is 57.2 Å². The molecule has 4 N–H and O–H groups in total. The van der Waals surface area contributed by atoms with E-state index in [-0.39, 0.29) is 25.1 Å². The molecule has 0 amide bonds. The van der Waals surface area contributed by atoms with Crippen molar-refractivity contribution in [2.24, 2.45) is 0 Å². The van der Waals surface area contributed by atoms with Gasteiger partial charge in [0.1, 0.15) is 29.5 Å². The Labute approximate surface area is 223 Å². The van der Waals surface area contributed by atoms with Gasteiger partial charge in [-0.2, -0.15) is 0 Å². The van der Waals surface area contributed by atoms with Crippen molar-refractivity contribution in [3.8, 4) is 5.75 Å². The number of nitrogens with one attached hydrogen (secondary N) is 2. The maximum atomic E-state index is 14.2. The van der Waals surface area contributed by atoms with Crippen LogP contribution in [0.5, 0.6) is 5.75 Å². The molecule has 2 heterocycles. The Balaban J connectivity index is 1.76. The molecule has 13 heteroatoms. The number of rotatable bonds is 14. The molecule has 2 aromatic heterocycles. The molecule has 0 aliphatic rings. The maximum absolute atomic E-state index is 14.2. The third-order valence-electron chi connectivity index (χ3n) is 5.85. The lowest BCUT2D eigenvalue weighted by molar-refractivity contribution is -0.149. The van der Waals surface area contributed by atoms with Crippen LogP contribution in [0.1, 0.15) is 52.6 Å². The molecule has 0 aliphatic heterocycles. The van der Waals surface area contributed by atoms with Crippen LogP contribution in [0.3, 0.4) is 0 Å². The average molecular weight is 548 g/mol. The van der Waals surface area contributed by atoms with Gasteiger partial charge in [-0.05, 0) is 51.8 Å². The monoisotopic (exact) mass is 547 g/mol. The fraction of sp³-hybridized carbons (Fsp3) is 0.520. The number of carbonyl (C=O) groups is 1. The summed E-state index contributed by atoms with van der Waals surface area (Å²) in [5.74, 6) is 0.525. The molecular formula is C25H38N7O5P. The molecule has 0 saturated carbocycles. The fourth-order valence-corrected chi connectivity index (χ4v) is 6.29. The number of nitrogens with zero attached hydrogens (tertiary/aromatic N) is 4. The molecule has 2 unspecified atom stereocenters. The van der Waals surface area contributed by atoms with Crippen LogP contribution in [-0.2, 0) is 25.4 Å². The smallest absolute Gasteiger partial charge is 0.326 e. The fourth-order valence-electron chi connectivity index (χ4n) is 3.85. The highest BCUT2D eigenvalue weighted by atomic mass is 31.2. The number of esters is 1. The quantitative estimate of drug-likeness (QED) is 0.200. The number of fused-ring (bicyclic) bond motifs is 1. The number of benzene rings is 1. The van der Waals surface area contributed by atoms with Gasteiger partial charge in [0.2, 0.25) is 7.44 Å². The number of methoxy groups -OCH3 is 1. The number of carbonyl (C=O) groups excluding carboxylic acids is 1. The molecule has 0 bridgehead atoms. The van der Waals surface area contributed by atoms with Crippen molar-refractivity contribution in [1.82, 2.24) is 29.7 Å². The first-order valence-electron chi connectivity index (χ1n) is 12.5. The van der Waals surface area contributed by atoms with Gasteiger partial charge in [-0.15, -0.1) is 0 Å². The van der Waals surface area contributed by atoms with Crippen LogP contribution in [0.15, 0.2) is 36.9 Å². The second-order valence-electron chi connectivity index (χ2n) is 9.67. The molecule has 3 atom stereocenters. The Morgan fingerprint density at radius 3 is 2.55 bits per heavy atom. The predicted molar refractivity (Wildman–Crippen MR) is 146 cm³/mol. The first-order valence-corrected chi connectivity index (χ1v) is 14.4. The second-order valence-corrected chi connectivity index (χ2v) is 11.9. The normalized spacial score (nSPS) is 15.1. The average Bonchev–Trinajstić information content (AvgIpc) is 3.29. The summed E-state index contributed by atoms with van der Waals surface area (Å²) in [5, 5.41) is 6.20. The van der Waals surface area contributed by atoms with Crippen LogP contribution in [0.4, 0.5) is 5.82 Å². The van der Waals surface area contributed by atoms with E-state index in [0.29, 0.717) is 29.9 Å². The van der Waals surface area contributed by atoms with E-state index in [2.05, 4.69) is 25.1 Å². The molecule has 0 aliphatic carbocycles. The van der Waals surface area contributed by atoms with E-state index in [0.717, 1.165) is 11.3 Å². The molecule has 3 aromatic rings. The van der Waals surface area contributed by atoms with Gasteiger partial charge in [-0.25, -0.2) is 25.1 Å².